The molecule has 3 N–H and O–H groups in total. The van der Waals surface area contributed by atoms with E-state index in [1.165, 1.54) is 0 Å². The van der Waals surface area contributed by atoms with Crippen LogP contribution in [0.5, 0.6) is 0 Å². The minimum Gasteiger partial charge on any atom is -0.378 e. The van der Waals surface area contributed by atoms with Crippen molar-refractivity contribution in [3.8, 4) is 0 Å². The average Bonchev–Trinajstić information content (AvgIpc) is 2.80. The topological polar surface area (TPSA) is 68.0 Å². The minimum absolute atomic E-state index is 0.383. The molecule has 6 heteroatoms. The number of aromatic nitrogens is 1. The summed E-state index contributed by atoms with van der Waals surface area (Å²) in [4.78, 5) is 15.4. The summed E-state index contributed by atoms with van der Waals surface area (Å²) in [5.74, 6) is -0.505. The van der Waals surface area contributed by atoms with Crippen LogP contribution in [0.2, 0.25) is 5.02 Å². The smallest absolute Gasteiger partial charge is 0.250 e. The Morgan fingerprint density at radius 1 is 1.53 bits per heavy atom. The normalized spacial score (nSPS) is 10.2. The second-order valence-electron chi connectivity index (χ2n) is 3.33. The van der Waals surface area contributed by atoms with Crippen LogP contribution >= 0.6 is 22.9 Å². The SMILES string of the molecule is NC(=O)c1cc(Cl)ccc1NCc1nccs1. The molecule has 4 nitrogen and oxygen atoms in total. The number of rotatable bonds is 4. The van der Waals surface area contributed by atoms with Crippen LogP contribution in [0.15, 0.2) is 29.8 Å². The third-order valence-electron chi connectivity index (χ3n) is 2.16. The number of primary amides is 1. The highest BCUT2D eigenvalue weighted by molar-refractivity contribution is 7.09. The zero-order valence-corrected chi connectivity index (χ0v) is 10.4. The highest BCUT2D eigenvalue weighted by atomic mass is 35.5. The molecule has 0 radical (unpaired) electrons. The molecule has 0 unspecified atom stereocenters. The monoisotopic (exact) mass is 267 g/mol. The molecule has 1 amide bonds. The number of carbonyl (C=O) groups is 1. The molecule has 88 valence electrons. The van der Waals surface area contributed by atoms with Gasteiger partial charge in [-0.15, -0.1) is 11.3 Å². The molecule has 1 heterocycles. The maximum absolute atomic E-state index is 11.2. The summed E-state index contributed by atoms with van der Waals surface area (Å²) in [6.45, 7) is 0.555. The number of hydrogen-bond donors (Lipinski definition) is 2. The van der Waals surface area contributed by atoms with Gasteiger partial charge in [-0.2, -0.15) is 0 Å². The van der Waals surface area contributed by atoms with Gasteiger partial charge in [0.25, 0.3) is 5.91 Å². The van der Waals surface area contributed by atoms with Crippen LogP contribution in [-0.4, -0.2) is 10.9 Å². The predicted molar refractivity (Wildman–Crippen MR) is 69.4 cm³/mol. The van der Waals surface area contributed by atoms with Crippen LogP contribution < -0.4 is 11.1 Å². The Labute approximate surface area is 107 Å². The van der Waals surface area contributed by atoms with E-state index in [0.29, 0.717) is 22.8 Å². The summed E-state index contributed by atoms with van der Waals surface area (Å²) < 4.78 is 0. The third-order valence-corrected chi connectivity index (χ3v) is 3.18. The Morgan fingerprint density at radius 3 is 3.00 bits per heavy atom. The molecule has 0 saturated carbocycles. The van der Waals surface area contributed by atoms with Gasteiger partial charge in [0.1, 0.15) is 5.01 Å². The van der Waals surface area contributed by atoms with Gasteiger partial charge in [0.2, 0.25) is 0 Å². The van der Waals surface area contributed by atoms with Crippen LogP contribution in [0.3, 0.4) is 0 Å². The third kappa shape index (κ3) is 2.95. The van der Waals surface area contributed by atoms with E-state index < -0.39 is 5.91 Å². The van der Waals surface area contributed by atoms with Crippen molar-refractivity contribution in [3.05, 3.63) is 45.4 Å². The molecule has 1 aromatic heterocycles. The molecular weight excluding hydrogens is 258 g/mol. The molecule has 0 saturated heterocycles. The van der Waals surface area contributed by atoms with Gasteiger partial charge in [-0.3, -0.25) is 4.79 Å². The summed E-state index contributed by atoms with van der Waals surface area (Å²) in [7, 11) is 0. The lowest BCUT2D eigenvalue weighted by Crippen LogP contribution is -2.14. The van der Waals surface area contributed by atoms with E-state index in [0.717, 1.165) is 5.01 Å². The van der Waals surface area contributed by atoms with Crippen molar-refractivity contribution in [3.63, 3.8) is 0 Å². The van der Waals surface area contributed by atoms with Crippen molar-refractivity contribution >= 4 is 34.5 Å². The molecule has 1 aromatic carbocycles. The lowest BCUT2D eigenvalue weighted by atomic mass is 10.1. The van der Waals surface area contributed by atoms with Gasteiger partial charge in [-0.1, -0.05) is 11.6 Å². The number of nitrogens with one attached hydrogen (secondary N) is 1. The lowest BCUT2D eigenvalue weighted by molar-refractivity contribution is 0.100. The van der Waals surface area contributed by atoms with Crippen molar-refractivity contribution in [2.75, 3.05) is 5.32 Å². The zero-order valence-electron chi connectivity index (χ0n) is 8.81. The average molecular weight is 268 g/mol. The summed E-state index contributed by atoms with van der Waals surface area (Å²) >= 11 is 7.36. The number of amides is 1. The molecule has 0 bridgehead atoms. The van der Waals surface area contributed by atoms with E-state index in [2.05, 4.69) is 10.3 Å². The van der Waals surface area contributed by atoms with E-state index in [-0.39, 0.29) is 0 Å². The largest absolute Gasteiger partial charge is 0.378 e. The Kier molecular flexibility index (Phi) is 3.61. The fourth-order valence-electron chi connectivity index (χ4n) is 1.39. The van der Waals surface area contributed by atoms with Gasteiger partial charge >= 0.3 is 0 Å². The molecule has 0 atom stereocenters. The van der Waals surface area contributed by atoms with Gasteiger partial charge in [0, 0.05) is 22.3 Å². The molecule has 0 spiro atoms. The molecule has 0 fully saturated rings. The second kappa shape index (κ2) is 5.16. The quantitative estimate of drug-likeness (QED) is 0.894. The standard InChI is InChI=1S/C11H10ClN3OS/c12-7-1-2-9(8(5-7)11(13)16)15-6-10-14-3-4-17-10/h1-5,15H,6H2,(H2,13,16). The number of nitrogens with zero attached hydrogens (tertiary/aromatic N) is 1. The van der Waals surface area contributed by atoms with Crippen LogP contribution in [0.25, 0.3) is 0 Å². The van der Waals surface area contributed by atoms with Gasteiger partial charge < -0.3 is 11.1 Å². The van der Waals surface area contributed by atoms with Crippen LogP contribution in [-0.2, 0) is 6.54 Å². The number of carbonyl (C=O) groups excluding carboxylic acids is 1. The van der Waals surface area contributed by atoms with Crippen LogP contribution in [0, 0.1) is 0 Å². The molecule has 0 aliphatic rings. The molecule has 2 rings (SSSR count). The van der Waals surface area contributed by atoms with Gasteiger partial charge in [0.05, 0.1) is 12.1 Å². The van der Waals surface area contributed by atoms with Gasteiger partial charge in [-0.25, -0.2) is 4.98 Å². The van der Waals surface area contributed by atoms with E-state index >= 15 is 0 Å². The molecule has 0 aliphatic heterocycles. The van der Waals surface area contributed by atoms with Crippen molar-refractivity contribution < 1.29 is 4.79 Å². The van der Waals surface area contributed by atoms with Crippen molar-refractivity contribution in [1.29, 1.82) is 0 Å². The predicted octanol–water partition coefficient (Wildman–Crippen LogP) is 2.51. The Balaban J connectivity index is 2.17. The molecule has 17 heavy (non-hydrogen) atoms. The van der Waals surface area contributed by atoms with Crippen molar-refractivity contribution in [2.24, 2.45) is 5.73 Å². The number of anilines is 1. The van der Waals surface area contributed by atoms with E-state index in [1.54, 1.807) is 35.7 Å². The summed E-state index contributed by atoms with van der Waals surface area (Å²) in [6, 6.07) is 4.99. The van der Waals surface area contributed by atoms with E-state index in [4.69, 9.17) is 17.3 Å². The number of hydrogen-bond acceptors (Lipinski definition) is 4. The number of halogens is 1. The molecule has 2 aromatic rings. The summed E-state index contributed by atoms with van der Waals surface area (Å²) in [5, 5.41) is 6.43. The van der Waals surface area contributed by atoms with Crippen LogP contribution in [0.4, 0.5) is 5.69 Å². The highest BCUT2D eigenvalue weighted by Gasteiger charge is 2.08. The Hall–Kier alpha value is -1.59. The maximum atomic E-state index is 11.2. The Bertz CT molecular complexity index is 528. The van der Waals surface area contributed by atoms with Gasteiger partial charge in [0.15, 0.2) is 0 Å². The minimum atomic E-state index is -0.505. The first-order valence-corrected chi connectivity index (χ1v) is 6.14. The van der Waals surface area contributed by atoms with Crippen LogP contribution in [0.1, 0.15) is 15.4 Å². The summed E-state index contributed by atoms with van der Waals surface area (Å²) in [5.41, 5.74) is 6.33. The highest BCUT2D eigenvalue weighted by Crippen LogP contribution is 2.21. The number of thiazole rings is 1. The first-order chi connectivity index (χ1) is 8.16. The fourth-order valence-corrected chi connectivity index (χ4v) is 2.11. The number of benzene rings is 1. The van der Waals surface area contributed by atoms with Crippen molar-refractivity contribution in [2.45, 2.75) is 6.54 Å². The van der Waals surface area contributed by atoms with Gasteiger partial charge in [-0.05, 0) is 18.2 Å². The van der Waals surface area contributed by atoms with E-state index in [1.807, 2.05) is 5.38 Å². The maximum Gasteiger partial charge on any atom is 0.250 e. The van der Waals surface area contributed by atoms with Crippen molar-refractivity contribution in [1.82, 2.24) is 4.98 Å². The molecule has 0 aliphatic carbocycles. The lowest BCUT2D eigenvalue weighted by Gasteiger charge is -2.08. The Morgan fingerprint density at radius 2 is 2.35 bits per heavy atom. The first kappa shape index (κ1) is 11.9. The second-order valence-corrected chi connectivity index (χ2v) is 4.75. The number of nitrogens with two attached hydrogens (primary N) is 1. The molecular formula is C11H10ClN3OS. The first-order valence-electron chi connectivity index (χ1n) is 4.88. The fraction of sp³-hybridized carbons (Fsp3) is 0.0909. The van der Waals surface area contributed by atoms with E-state index in [9.17, 15) is 4.79 Å². The summed E-state index contributed by atoms with van der Waals surface area (Å²) in [6.07, 6.45) is 1.73. The zero-order chi connectivity index (χ0) is 12.3.